The Kier molecular flexibility index (Phi) is 2.05. The van der Waals surface area contributed by atoms with Crippen LogP contribution in [0, 0.1) is 0 Å². The van der Waals surface area contributed by atoms with Crippen molar-refractivity contribution in [1.82, 2.24) is 15.1 Å². The maximum atomic E-state index is 10.9. The van der Waals surface area contributed by atoms with Crippen molar-refractivity contribution in [2.24, 2.45) is 0 Å². The van der Waals surface area contributed by atoms with Crippen molar-refractivity contribution < 1.29 is 14.4 Å². The molecule has 0 saturated carbocycles. The fourth-order valence-corrected chi connectivity index (χ4v) is 0.992. The molecule has 7 nitrogen and oxygen atoms in total. The predicted octanol–water partition coefficient (Wildman–Crippen LogP) is 0.123. The van der Waals surface area contributed by atoms with Gasteiger partial charge in [0, 0.05) is 6.07 Å². The predicted molar refractivity (Wildman–Crippen MR) is 47.3 cm³/mol. The van der Waals surface area contributed by atoms with E-state index in [1.165, 1.54) is 18.2 Å². The average Bonchev–Trinajstić information content (AvgIpc) is 2.66. The Hall–Kier alpha value is -2.44. The Bertz CT molecular complexity index is 557. The maximum absolute atomic E-state index is 10.9. The molecule has 0 fully saturated rings. The standard InChI is InChI=1S/C8H5N3O4/c12-5-3-1-2-4(9-5)7-10-6(8(13)14)11-15-7/h1-3H,(H,9,12)(H,13,14). The summed E-state index contributed by atoms with van der Waals surface area (Å²) in [6.45, 7) is 0. The van der Waals surface area contributed by atoms with E-state index in [0.717, 1.165) is 0 Å². The van der Waals surface area contributed by atoms with Gasteiger partial charge in [-0.1, -0.05) is 6.07 Å². The molecular formula is C8H5N3O4. The van der Waals surface area contributed by atoms with E-state index in [-0.39, 0.29) is 17.1 Å². The van der Waals surface area contributed by atoms with Gasteiger partial charge in [-0.25, -0.2) is 4.79 Å². The van der Waals surface area contributed by atoms with Gasteiger partial charge in [-0.05, 0) is 11.2 Å². The number of hydrogen-bond donors (Lipinski definition) is 2. The molecular weight excluding hydrogens is 202 g/mol. The Morgan fingerprint density at radius 2 is 2.27 bits per heavy atom. The summed E-state index contributed by atoms with van der Waals surface area (Å²) in [4.78, 5) is 27.4. The van der Waals surface area contributed by atoms with Gasteiger partial charge in [0.1, 0.15) is 5.69 Å². The minimum atomic E-state index is -1.29. The molecule has 0 aliphatic heterocycles. The van der Waals surface area contributed by atoms with Gasteiger partial charge >= 0.3 is 5.97 Å². The molecule has 76 valence electrons. The molecule has 2 aromatic rings. The summed E-state index contributed by atoms with van der Waals surface area (Å²) in [5.41, 5.74) is -0.0509. The number of aromatic amines is 1. The Morgan fingerprint density at radius 1 is 1.47 bits per heavy atom. The first-order chi connectivity index (χ1) is 7.16. The number of aromatic carboxylic acids is 1. The fourth-order valence-electron chi connectivity index (χ4n) is 0.992. The fraction of sp³-hybridized carbons (Fsp3) is 0. The molecule has 2 aromatic heterocycles. The number of rotatable bonds is 2. The van der Waals surface area contributed by atoms with Gasteiger partial charge in [-0.2, -0.15) is 4.98 Å². The number of pyridine rings is 1. The Morgan fingerprint density at radius 3 is 2.87 bits per heavy atom. The molecule has 7 heteroatoms. The summed E-state index contributed by atoms with van der Waals surface area (Å²) in [5, 5.41) is 11.8. The number of carbonyl (C=O) groups is 1. The molecule has 0 saturated heterocycles. The largest absolute Gasteiger partial charge is 0.475 e. The second kappa shape index (κ2) is 3.37. The highest BCUT2D eigenvalue weighted by Gasteiger charge is 2.14. The van der Waals surface area contributed by atoms with Gasteiger partial charge in [0.05, 0.1) is 0 Å². The zero-order valence-electron chi connectivity index (χ0n) is 7.30. The van der Waals surface area contributed by atoms with Gasteiger partial charge in [0.15, 0.2) is 0 Å². The van der Waals surface area contributed by atoms with Crippen LogP contribution in [0.4, 0.5) is 0 Å². The van der Waals surface area contributed by atoms with Crippen LogP contribution >= 0.6 is 0 Å². The van der Waals surface area contributed by atoms with Crippen molar-refractivity contribution in [2.45, 2.75) is 0 Å². The van der Waals surface area contributed by atoms with E-state index in [4.69, 9.17) is 5.11 Å². The van der Waals surface area contributed by atoms with Crippen LogP contribution in [0.25, 0.3) is 11.6 Å². The number of carboxylic acid groups (broad SMARTS) is 1. The molecule has 0 spiro atoms. The zero-order valence-corrected chi connectivity index (χ0v) is 7.30. The van der Waals surface area contributed by atoms with Crippen molar-refractivity contribution in [3.8, 4) is 11.6 Å². The lowest BCUT2D eigenvalue weighted by Crippen LogP contribution is -2.04. The minimum Gasteiger partial charge on any atom is -0.475 e. The van der Waals surface area contributed by atoms with Crippen molar-refractivity contribution in [3.05, 3.63) is 34.4 Å². The van der Waals surface area contributed by atoms with E-state index < -0.39 is 11.8 Å². The van der Waals surface area contributed by atoms with E-state index in [2.05, 4.69) is 19.6 Å². The molecule has 2 N–H and O–H groups in total. The van der Waals surface area contributed by atoms with Crippen LogP contribution < -0.4 is 5.56 Å². The highest BCUT2D eigenvalue weighted by Crippen LogP contribution is 2.11. The maximum Gasteiger partial charge on any atom is 0.377 e. The third kappa shape index (κ3) is 1.75. The van der Waals surface area contributed by atoms with Crippen LogP contribution in [0.3, 0.4) is 0 Å². The van der Waals surface area contributed by atoms with Crippen LogP contribution in [-0.4, -0.2) is 26.2 Å². The van der Waals surface area contributed by atoms with Gasteiger partial charge < -0.3 is 14.6 Å². The van der Waals surface area contributed by atoms with Gasteiger partial charge in [0.25, 0.3) is 11.7 Å². The molecule has 0 radical (unpaired) electrons. The molecule has 0 amide bonds. The summed E-state index contributed by atoms with van der Waals surface area (Å²) in [6, 6.07) is 4.34. The summed E-state index contributed by atoms with van der Waals surface area (Å²) in [7, 11) is 0. The monoisotopic (exact) mass is 207 g/mol. The van der Waals surface area contributed by atoms with Crippen molar-refractivity contribution >= 4 is 5.97 Å². The molecule has 2 rings (SSSR count). The minimum absolute atomic E-state index is 0.0369. The lowest BCUT2D eigenvalue weighted by atomic mass is 10.3. The topological polar surface area (TPSA) is 109 Å². The highest BCUT2D eigenvalue weighted by molar-refractivity contribution is 5.83. The van der Waals surface area contributed by atoms with E-state index >= 15 is 0 Å². The summed E-state index contributed by atoms with van der Waals surface area (Å²) in [5.74, 6) is -1.77. The normalized spacial score (nSPS) is 10.1. The molecule has 15 heavy (non-hydrogen) atoms. The molecule has 0 aliphatic rings. The van der Waals surface area contributed by atoms with E-state index in [0.29, 0.717) is 0 Å². The summed E-state index contributed by atoms with van der Waals surface area (Å²) in [6.07, 6.45) is 0. The second-order valence-electron chi connectivity index (χ2n) is 2.66. The van der Waals surface area contributed by atoms with Gasteiger partial charge in [0.2, 0.25) is 5.56 Å². The van der Waals surface area contributed by atoms with Gasteiger partial charge in [-0.15, -0.1) is 0 Å². The van der Waals surface area contributed by atoms with Crippen LogP contribution in [0.2, 0.25) is 0 Å². The average molecular weight is 207 g/mol. The summed E-state index contributed by atoms with van der Waals surface area (Å²) < 4.78 is 4.65. The first-order valence-electron chi connectivity index (χ1n) is 3.93. The second-order valence-corrected chi connectivity index (χ2v) is 2.66. The number of nitrogens with one attached hydrogen (secondary N) is 1. The Balaban J connectivity index is 2.46. The number of nitrogens with zero attached hydrogens (tertiary/aromatic N) is 2. The van der Waals surface area contributed by atoms with Crippen molar-refractivity contribution in [3.63, 3.8) is 0 Å². The third-order valence-electron chi connectivity index (χ3n) is 1.62. The zero-order chi connectivity index (χ0) is 10.8. The van der Waals surface area contributed by atoms with Crippen LogP contribution in [0.15, 0.2) is 27.5 Å². The lowest BCUT2D eigenvalue weighted by molar-refractivity contribution is 0.0680. The molecule has 0 aliphatic carbocycles. The SMILES string of the molecule is O=C(O)c1noc(-c2cccc(=O)[nH]2)n1. The van der Waals surface area contributed by atoms with E-state index in [9.17, 15) is 9.59 Å². The lowest BCUT2D eigenvalue weighted by Gasteiger charge is -1.90. The molecule has 0 atom stereocenters. The van der Waals surface area contributed by atoms with Crippen LogP contribution in [0.1, 0.15) is 10.6 Å². The summed E-state index contributed by atoms with van der Waals surface area (Å²) >= 11 is 0. The van der Waals surface area contributed by atoms with Crippen LogP contribution in [-0.2, 0) is 0 Å². The van der Waals surface area contributed by atoms with E-state index in [1.54, 1.807) is 0 Å². The molecule has 0 unspecified atom stereocenters. The first-order valence-corrected chi connectivity index (χ1v) is 3.93. The first kappa shape index (κ1) is 9.13. The molecule has 2 heterocycles. The highest BCUT2D eigenvalue weighted by atomic mass is 16.5. The number of carboxylic acids is 1. The van der Waals surface area contributed by atoms with Crippen molar-refractivity contribution in [2.75, 3.05) is 0 Å². The van der Waals surface area contributed by atoms with Gasteiger partial charge in [-0.3, -0.25) is 4.79 Å². The quantitative estimate of drug-likeness (QED) is 0.723. The molecule has 0 bridgehead atoms. The number of H-pyrrole nitrogens is 1. The van der Waals surface area contributed by atoms with E-state index in [1.807, 2.05) is 0 Å². The smallest absolute Gasteiger partial charge is 0.377 e. The van der Waals surface area contributed by atoms with Crippen molar-refractivity contribution in [1.29, 1.82) is 0 Å². The van der Waals surface area contributed by atoms with Crippen LogP contribution in [0.5, 0.6) is 0 Å². The number of hydrogen-bond acceptors (Lipinski definition) is 5. The number of aromatic nitrogens is 3. The molecule has 0 aromatic carbocycles. The third-order valence-corrected chi connectivity index (χ3v) is 1.62. The Labute approximate surface area is 82.4 Å².